The Hall–Kier alpha value is -7.75. The number of rotatable bonds is 6. The second-order valence-electron chi connectivity index (χ2n) is 14.8. The van der Waals surface area contributed by atoms with Gasteiger partial charge in [0.2, 0.25) is 0 Å². The molecule has 0 N–H and O–H groups in total. The molecule has 58 heavy (non-hydrogen) atoms. The molecule has 0 atom stereocenters. The van der Waals surface area contributed by atoms with Crippen LogP contribution in [0.5, 0.6) is 0 Å². The quantitative estimate of drug-likeness (QED) is 0.160. The van der Waals surface area contributed by atoms with Crippen molar-refractivity contribution in [3.05, 3.63) is 212 Å². The van der Waals surface area contributed by atoms with E-state index in [1.165, 1.54) is 65.3 Å². The zero-order valence-corrected chi connectivity index (χ0v) is 31.5. The second kappa shape index (κ2) is 14.1. The summed E-state index contributed by atoms with van der Waals surface area (Å²) in [6.45, 7) is 0. The van der Waals surface area contributed by atoms with Crippen LogP contribution in [0.15, 0.2) is 212 Å². The first-order valence-electron chi connectivity index (χ1n) is 19.7. The molecule has 3 heteroatoms. The summed E-state index contributed by atoms with van der Waals surface area (Å²) in [7, 11) is 0. The topological polar surface area (TPSA) is 38.7 Å². The normalized spacial score (nSPS) is 11.4. The Morgan fingerprint density at radius 1 is 0.224 bits per heavy atom. The summed E-state index contributed by atoms with van der Waals surface area (Å²) >= 11 is 0. The van der Waals surface area contributed by atoms with Crippen molar-refractivity contribution in [1.82, 2.24) is 15.0 Å². The first-order valence-corrected chi connectivity index (χ1v) is 19.7. The Morgan fingerprint density at radius 2 is 0.655 bits per heavy atom. The van der Waals surface area contributed by atoms with E-state index in [1.54, 1.807) is 0 Å². The molecule has 3 nitrogen and oxygen atoms in total. The summed E-state index contributed by atoms with van der Waals surface area (Å²) in [5.74, 6) is 1.90. The number of nitrogens with zero attached hydrogens (tertiary/aromatic N) is 3. The van der Waals surface area contributed by atoms with Gasteiger partial charge in [-0.1, -0.05) is 200 Å². The highest BCUT2D eigenvalue weighted by atomic mass is 15.0. The largest absolute Gasteiger partial charge is 0.208 e. The molecule has 0 amide bonds. The average molecular weight is 738 g/mol. The van der Waals surface area contributed by atoms with Crippen LogP contribution in [-0.4, -0.2) is 15.0 Å². The van der Waals surface area contributed by atoms with Crippen LogP contribution in [0.4, 0.5) is 0 Å². The molecule has 0 aliphatic rings. The predicted molar refractivity (Wildman–Crippen MR) is 242 cm³/mol. The smallest absolute Gasteiger partial charge is 0.164 e. The molecule has 0 aliphatic carbocycles. The fourth-order valence-electron chi connectivity index (χ4n) is 8.50. The number of aromatic nitrogens is 3. The van der Waals surface area contributed by atoms with Gasteiger partial charge in [0.25, 0.3) is 0 Å². The molecular formula is C55H35N3. The average Bonchev–Trinajstić information content (AvgIpc) is 3.31. The Kier molecular flexibility index (Phi) is 8.15. The van der Waals surface area contributed by atoms with Gasteiger partial charge in [0.1, 0.15) is 0 Å². The van der Waals surface area contributed by atoms with E-state index < -0.39 is 0 Å². The van der Waals surface area contributed by atoms with E-state index >= 15 is 0 Å². The summed E-state index contributed by atoms with van der Waals surface area (Å²) in [6, 6.07) is 75.4. The molecule has 1 aromatic heterocycles. The Morgan fingerprint density at radius 3 is 1.31 bits per heavy atom. The van der Waals surface area contributed by atoms with Gasteiger partial charge < -0.3 is 0 Å². The van der Waals surface area contributed by atoms with E-state index in [0.29, 0.717) is 17.5 Å². The first-order chi connectivity index (χ1) is 28.7. The van der Waals surface area contributed by atoms with Gasteiger partial charge in [0.15, 0.2) is 17.5 Å². The maximum absolute atomic E-state index is 5.15. The number of fused-ring (bicyclic) bond motifs is 7. The molecule has 0 spiro atoms. The molecule has 270 valence electrons. The van der Waals surface area contributed by atoms with Crippen molar-refractivity contribution < 1.29 is 0 Å². The minimum atomic E-state index is 0.628. The molecule has 0 saturated carbocycles. The van der Waals surface area contributed by atoms with E-state index in [2.05, 4.69) is 188 Å². The van der Waals surface area contributed by atoms with Crippen LogP contribution in [0.3, 0.4) is 0 Å². The molecule has 0 saturated heterocycles. The van der Waals surface area contributed by atoms with Gasteiger partial charge >= 0.3 is 0 Å². The lowest BCUT2D eigenvalue weighted by Gasteiger charge is -2.17. The molecule has 0 radical (unpaired) electrons. The Labute approximate surface area is 336 Å². The van der Waals surface area contributed by atoms with Crippen molar-refractivity contribution in [1.29, 1.82) is 0 Å². The monoisotopic (exact) mass is 737 g/mol. The minimum absolute atomic E-state index is 0.628. The van der Waals surface area contributed by atoms with Crippen molar-refractivity contribution in [3.63, 3.8) is 0 Å². The third-order valence-corrected chi connectivity index (χ3v) is 11.3. The third-order valence-electron chi connectivity index (χ3n) is 11.3. The van der Waals surface area contributed by atoms with Crippen LogP contribution in [0.1, 0.15) is 0 Å². The van der Waals surface area contributed by atoms with E-state index in [-0.39, 0.29) is 0 Å². The van der Waals surface area contributed by atoms with Crippen LogP contribution >= 0.6 is 0 Å². The second-order valence-corrected chi connectivity index (χ2v) is 14.8. The standard InChI is InChI=1S/C55H35N3/c1-3-14-36(15-4-1)37-26-28-40(29-27-37)54-56-53(39-17-5-2-6-18-39)57-55(58-54)43-20-13-19-42(34-43)52-44-21-8-7-16-38(44)30-32-45(52)41-31-33-50-48-24-10-9-22-46(48)47-23-11-12-25-49(47)51(50)35-41/h1-35H. The number of benzene rings is 10. The molecule has 0 unspecified atom stereocenters. The molecular weight excluding hydrogens is 703 g/mol. The van der Waals surface area contributed by atoms with Crippen LogP contribution in [-0.2, 0) is 0 Å². The van der Waals surface area contributed by atoms with E-state index in [9.17, 15) is 0 Å². The van der Waals surface area contributed by atoms with E-state index in [0.717, 1.165) is 27.8 Å². The molecule has 11 rings (SSSR count). The summed E-state index contributed by atoms with van der Waals surface area (Å²) in [4.78, 5) is 15.3. The predicted octanol–water partition coefficient (Wildman–Crippen LogP) is 14.5. The highest BCUT2D eigenvalue weighted by Gasteiger charge is 2.17. The van der Waals surface area contributed by atoms with Crippen molar-refractivity contribution >= 4 is 43.1 Å². The van der Waals surface area contributed by atoms with Crippen LogP contribution < -0.4 is 0 Å². The molecule has 10 aromatic carbocycles. The lowest BCUT2D eigenvalue weighted by molar-refractivity contribution is 1.07. The zero-order chi connectivity index (χ0) is 38.4. The van der Waals surface area contributed by atoms with Crippen molar-refractivity contribution in [2.45, 2.75) is 0 Å². The minimum Gasteiger partial charge on any atom is -0.208 e. The maximum Gasteiger partial charge on any atom is 0.164 e. The number of hydrogen-bond donors (Lipinski definition) is 0. The van der Waals surface area contributed by atoms with Gasteiger partial charge in [-0.2, -0.15) is 0 Å². The van der Waals surface area contributed by atoms with Crippen molar-refractivity contribution in [2.75, 3.05) is 0 Å². The summed E-state index contributed by atoms with van der Waals surface area (Å²) in [5, 5.41) is 9.98. The SMILES string of the molecule is c1ccc(-c2ccc(-c3nc(-c4ccccc4)nc(-c4cccc(-c5c(-c6ccc7c8ccccc8c8ccccc8c7c6)ccc6ccccc56)c4)n3)cc2)cc1. The molecule has 0 bridgehead atoms. The molecule has 0 fully saturated rings. The molecule has 11 aromatic rings. The van der Waals surface area contributed by atoms with E-state index in [4.69, 9.17) is 15.0 Å². The summed E-state index contributed by atoms with van der Waals surface area (Å²) in [5.41, 5.74) is 9.75. The van der Waals surface area contributed by atoms with Crippen molar-refractivity contribution in [2.24, 2.45) is 0 Å². The van der Waals surface area contributed by atoms with Crippen LogP contribution in [0.2, 0.25) is 0 Å². The van der Waals surface area contributed by atoms with Gasteiger partial charge in [-0.3, -0.25) is 0 Å². The highest BCUT2D eigenvalue weighted by molar-refractivity contribution is 6.26. The van der Waals surface area contributed by atoms with Crippen LogP contribution in [0, 0.1) is 0 Å². The fraction of sp³-hybridized carbons (Fsp3) is 0. The number of hydrogen-bond acceptors (Lipinski definition) is 3. The molecule has 0 aliphatic heterocycles. The van der Waals surface area contributed by atoms with Gasteiger partial charge in [-0.05, 0) is 88.6 Å². The zero-order valence-electron chi connectivity index (χ0n) is 31.5. The van der Waals surface area contributed by atoms with Gasteiger partial charge in [0.05, 0.1) is 0 Å². The van der Waals surface area contributed by atoms with Gasteiger partial charge in [-0.15, -0.1) is 0 Å². The lowest BCUT2D eigenvalue weighted by atomic mass is 9.87. The lowest BCUT2D eigenvalue weighted by Crippen LogP contribution is -2.00. The van der Waals surface area contributed by atoms with Gasteiger partial charge in [0, 0.05) is 16.7 Å². The Balaban J connectivity index is 1.08. The highest BCUT2D eigenvalue weighted by Crippen LogP contribution is 2.42. The van der Waals surface area contributed by atoms with Gasteiger partial charge in [-0.25, -0.2) is 15.0 Å². The van der Waals surface area contributed by atoms with Crippen molar-refractivity contribution in [3.8, 4) is 67.5 Å². The summed E-state index contributed by atoms with van der Waals surface area (Å²) in [6.07, 6.45) is 0. The maximum atomic E-state index is 5.15. The Bertz CT molecular complexity index is 3280. The summed E-state index contributed by atoms with van der Waals surface area (Å²) < 4.78 is 0. The third kappa shape index (κ3) is 5.89. The fourth-order valence-corrected chi connectivity index (χ4v) is 8.50. The van der Waals surface area contributed by atoms with E-state index in [1.807, 2.05) is 24.3 Å². The molecule has 1 heterocycles. The first kappa shape index (κ1) is 33.6. The van der Waals surface area contributed by atoms with Crippen LogP contribution in [0.25, 0.3) is 111 Å².